The molecule has 0 aliphatic rings. The molecule has 0 aliphatic carbocycles. The maximum absolute atomic E-state index is 13.0. The van der Waals surface area contributed by atoms with Crippen molar-refractivity contribution >= 4 is 15.9 Å². The number of sulfone groups is 1. The molecule has 0 aromatic heterocycles. The van der Waals surface area contributed by atoms with E-state index in [1.165, 1.54) is 14.0 Å². The topological polar surface area (TPSA) is 72.5 Å². The van der Waals surface area contributed by atoms with Crippen molar-refractivity contribution in [3.05, 3.63) is 29.6 Å². The summed E-state index contributed by atoms with van der Waals surface area (Å²) in [4.78, 5) is 9.90. The van der Waals surface area contributed by atoms with Gasteiger partial charge in [0.25, 0.3) is 0 Å². The Morgan fingerprint density at radius 1 is 1.36 bits per heavy atom. The molecular formula is C12H13F4NO4S. The van der Waals surface area contributed by atoms with Gasteiger partial charge in [0.1, 0.15) is 11.9 Å². The minimum Gasteiger partial charge on any atom is -0.445 e. The molecule has 1 unspecified atom stereocenters. The Labute approximate surface area is 124 Å². The summed E-state index contributed by atoms with van der Waals surface area (Å²) in [5, 5.41) is 2.08. The predicted octanol–water partition coefficient (Wildman–Crippen LogP) is 2.36. The molecule has 5 nitrogen and oxygen atoms in total. The van der Waals surface area contributed by atoms with E-state index in [1.54, 1.807) is 0 Å². The van der Waals surface area contributed by atoms with Crippen LogP contribution in [0.3, 0.4) is 0 Å². The van der Waals surface area contributed by atoms with Crippen molar-refractivity contribution in [3.63, 3.8) is 0 Å². The van der Waals surface area contributed by atoms with Crippen LogP contribution in [0.5, 0.6) is 0 Å². The molecule has 1 amide bonds. The minimum absolute atomic E-state index is 0.108. The number of alkyl carbamates (subject to hydrolysis) is 1. The second kappa shape index (κ2) is 6.51. The Bertz CT molecular complexity index is 658. The van der Waals surface area contributed by atoms with E-state index in [0.717, 1.165) is 0 Å². The summed E-state index contributed by atoms with van der Waals surface area (Å²) in [6.07, 6.45) is -7.14. The van der Waals surface area contributed by atoms with Crippen molar-refractivity contribution in [2.24, 2.45) is 0 Å². The highest BCUT2D eigenvalue weighted by molar-refractivity contribution is 7.91. The van der Waals surface area contributed by atoms with Gasteiger partial charge in [0.15, 0.2) is 9.84 Å². The quantitative estimate of drug-likeness (QED) is 0.673. The Morgan fingerprint density at radius 3 is 2.45 bits per heavy atom. The van der Waals surface area contributed by atoms with Crippen LogP contribution >= 0.6 is 0 Å². The number of carbonyl (C=O) groups is 1. The zero-order chi connectivity index (χ0) is 17.1. The smallest absolute Gasteiger partial charge is 0.417 e. The molecule has 1 aromatic carbocycles. The fourth-order valence-corrected chi connectivity index (χ4v) is 3.32. The molecule has 0 saturated carbocycles. The van der Waals surface area contributed by atoms with Gasteiger partial charge >= 0.3 is 12.3 Å². The number of hydrogen-bond donors (Lipinski definition) is 1. The van der Waals surface area contributed by atoms with Crippen LogP contribution in [0.1, 0.15) is 12.5 Å². The summed E-state index contributed by atoms with van der Waals surface area (Å²) in [6.45, 7) is 1.21. The lowest BCUT2D eigenvalue weighted by Gasteiger charge is -2.16. The van der Waals surface area contributed by atoms with Crippen LogP contribution in [0.2, 0.25) is 0 Å². The van der Waals surface area contributed by atoms with Gasteiger partial charge in [-0.25, -0.2) is 17.6 Å². The van der Waals surface area contributed by atoms with Crippen molar-refractivity contribution in [2.75, 3.05) is 12.8 Å². The first-order valence-corrected chi connectivity index (χ1v) is 7.60. The van der Waals surface area contributed by atoms with Crippen molar-refractivity contribution in [2.45, 2.75) is 24.1 Å². The number of ether oxygens (including phenoxy) is 1. The van der Waals surface area contributed by atoms with Gasteiger partial charge in [0.05, 0.1) is 16.2 Å². The first-order chi connectivity index (χ1) is 9.97. The van der Waals surface area contributed by atoms with Gasteiger partial charge < -0.3 is 10.1 Å². The third-order valence-electron chi connectivity index (χ3n) is 2.55. The van der Waals surface area contributed by atoms with Crippen LogP contribution in [0.25, 0.3) is 0 Å². The highest BCUT2D eigenvalue weighted by Crippen LogP contribution is 2.35. The largest absolute Gasteiger partial charge is 0.445 e. The van der Waals surface area contributed by atoms with Gasteiger partial charge in [-0.3, -0.25) is 0 Å². The van der Waals surface area contributed by atoms with Crippen LogP contribution in [0.4, 0.5) is 22.4 Å². The number of hydrogen-bond acceptors (Lipinski definition) is 4. The number of nitrogens with one attached hydrogen (secondary N) is 1. The number of alkyl halides is 3. The van der Waals surface area contributed by atoms with E-state index in [0.29, 0.717) is 12.1 Å². The summed E-state index contributed by atoms with van der Waals surface area (Å²) in [6, 6.07) is 1.27. The van der Waals surface area contributed by atoms with Crippen LogP contribution in [-0.4, -0.2) is 33.4 Å². The van der Waals surface area contributed by atoms with E-state index in [1.807, 2.05) is 0 Å². The Hall–Kier alpha value is -1.84. The van der Waals surface area contributed by atoms with E-state index < -0.39 is 50.2 Å². The molecule has 0 aliphatic heterocycles. The molecule has 1 atom stereocenters. The number of rotatable bonds is 4. The molecule has 1 N–H and O–H groups in total. The van der Waals surface area contributed by atoms with Crippen LogP contribution in [0.15, 0.2) is 23.1 Å². The van der Waals surface area contributed by atoms with Gasteiger partial charge in [-0.15, -0.1) is 0 Å². The summed E-state index contributed by atoms with van der Waals surface area (Å²) in [5.74, 6) is -2.07. The van der Waals surface area contributed by atoms with Crippen LogP contribution < -0.4 is 5.32 Å². The average molecular weight is 343 g/mol. The van der Waals surface area contributed by atoms with E-state index in [9.17, 15) is 30.8 Å². The van der Waals surface area contributed by atoms with Gasteiger partial charge in [0, 0.05) is 7.05 Å². The third-order valence-corrected chi connectivity index (χ3v) is 4.48. The summed E-state index contributed by atoms with van der Waals surface area (Å²) < 4.78 is 80.2. The second-order valence-corrected chi connectivity index (χ2v) is 6.39. The SMILES string of the molecule is CNC(=O)OC(C)CS(=O)(=O)c1ccc(F)cc1C(F)(F)F. The average Bonchev–Trinajstić information content (AvgIpc) is 2.36. The van der Waals surface area contributed by atoms with Gasteiger partial charge in [-0.1, -0.05) is 0 Å². The fourth-order valence-electron chi connectivity index (χ4n) is 1.67. The third kappa shape index (κ3) is 4.58. The van der Waals surface area contributed by atoms with Crippen molar-refractivity contribution in [1.29, 1.82) is 0 Å². The highest BCUT2D eigenvalue weighted by atomic mass is 32.2. The molecule has 0 radical (unpaired) electrons. The monoisotopic (exact) mass is 343 g/mol. The zero-order valence-corrected chi connectivity index (χ0v) is 12.4. The van der Waals surface area contributed by atoms with Crippen LogP contribution in [-0.2, 0) is 20.8 Å². The highest BCUT2D eigenvalue weighted by Gasteiger charge is 2.38. The Morgan fingerprint density at radius 2 is 1.95 bits per heavy atom. The van der Waals surface area contributed by atoms with Gasteiger partial charge in [0.2, 0.25) is 0 Å². The van der Waals surface area contributed by atoms with E-state index in [4.69, 9.17) is 0 Å². The molecule has 0 bridgehead atoms. The lowest BCUT2D eigenvalue weighted by molar-refractivity contribution is -0.140. The molecule has 0 heterocycles. The number of halogens is 4. The molecule has 10 heteroatoms. The predicted molar refractivity (Wildman–Crippen MR) is 68.5 cm³/mol. The fraction of sp³-hybridized carbons (Fsp3) is 0.417. The summed E-state index contributed by atoms with van der Waals surface area (Å²) >= 11 is 0. The minimum atomic E-state index is -5.03. The molecule has 124 valence electrons. The molecule has 0 fully saturated rings. The first-order valence-electron chi connectivity index (χ1n) is 5.95. The molecule has 0 saturated heterocycles. The lowest BCUT2D eigenvalue weighted by Crippen LogP contribution is -2.29. The van der Waals surface area contributed by atoms with E-state index >= 15 is 0 Å². The van der Waals surface area contributed by atoms with E-state index in [2.05, 4.69) is 10.1 Å². The normalized spacial score (nSPS) is 13.5. The van der Waals surface area contributed by atoms with Crippen molar-refractivity contribution in [3.8, 4) is 0 Å². The van der Waals surface area contributed by atoms with Crippen molar-refractivity contribution in [1.82, 2.24) is 5.32 Å². The maximum Gasteiger partial charge on any atom is 0.417 e. The van der Waals surface area contributed by atoms with Gasteiger partial charge in [-0.05, 0) is 25.1 Å². The molecular weight excluding hydrogens is 330 g/mol. The van der Waals surface area contributed by atoms with Crippen LogP contribution in [0, 0.1) is 5.82 Å². The molecule has 1 rings (SSSR count). The Kier molecular flexibility index (Phi) is 5.39. The number of benzene rings is 1. The maximum atomic E-state index is 13.0. The molecule has 22 heavy (non-hydrogen) atoms. The summed E-state index contributed by atoms with van der Waals surface area (Å²) in [7, 11) is -3.19. The van der Waals surface area contributed by atoms with Crippen molar-refractivity contribution < 1.29 is 35.5 Å². The molecule has 0 spiro atoms. The second-order valence-electron chi connectivity index (χ2n) is 4.39. The Balaban J connectivity index is 3.16. The number of amides is 1. The summed E-state index contributed by atoms with van der Waals surface area (Å²) in [5.41, 5.74) is -1.60. The molecule has 1 aromatic rings. The van der Waals surface area contributed by atoms with Gasteiger partial charge in [-0.2, -0.15) is 13.2 Å². The first kappa shape index (κ1) is 18.2. The standard InChI is InChI=1S/C12H13F4NO4S/c1-7(21-11(18)17-2)6-22(19,20)10-4-3-8(13)5-9(10)12(14,15)16/h3-5,7H,6H2,1-2H3,(H,17,18). The van der Waals surface area contributed by atoms with E-state index in [-0.39, 0.29) is 6.07 Å². The lowest BCUT2D eigenvalue weighted by atomic mass is 10.2. The zero-order valence-electron chi connectivity index (χ0n) is 11.6. The number of carbonyl (C=O) groups excluding carboxylic acids is 1.